The third kappa shape index (κ3) is 1.82. The van der Waals surface area contributed by atoms with Crippen molar-refractivity contribution >= 4 is 0 Å². The Morgan fingerprint density at radius 3 is 2.69 bits per heavy atom. The van der Waals surface area contributed by atoms with Crippen molar-refractivity contribution < 1.29 is 4.74 Å². The standard InChI is InChI=1S/C12H12N2O2/c1-8-13-7-10(12(15)14-8)9-5-3-4-6-11(9)16-2/h3-7H,1-2H3,(H,13,14,15). The number of nitrogens with zero attached hydrogens (tertiary/aromatic N) is 1. The van der Waals surface area contributed by atoms with Gasteiger partial charge >= 0.3 is 0 Å². The Labute approximate surface area is 92.9 Å². The summed E-state index contributed by atoms with van der Waals surface area (Å²) in [6.45, 7) is 1.74. The van der Waals surface area contributed by atoms with Crippen LogP contribution in [0.4, 0.5) is 0 Å². The van der Waals surface area contributed by atoms with Crippen molar-refractivity contribution in [2.75, 3.05) is 7.11 Å². The Morgan fingerprint density at radius 1 is 1.25 bits per heavy atom. The molecule has 2 aromatic rings. The third-order valence-corrected chi connectivity index (χ3v) is 2.32. The van der Waals surface area contributed by atoms with E-state index in [-0.39, 0.29) is 5.56 Å². The van der Waals surface area contributed by atoms with Crippen LogP contribution in [0.15, 0.2) is 35.3 Å². The van der Waals surface area contributed by atoms with Crippen LogP contribution in [0.5, 0.6) is 5.75 Å². The van der Waals surface area contributed by atoms with Gasteiger partial charge in [-0.3, -0.25) is 4.79 Å². The van der Waals surface area contributed by atoms with Crippen molar-refractivity contribution in [1.82, 2.24) is 9.97 Å². The highest BCUT2D eigenvalue weighted by Crippen LogP contribution is 2.26. The van der Waals surface area contributed by atoms with Crippen LogP contribution in [0.1, 0.15) is 5.82 Å². The number of ether oxygens (including phenoxy) is 1. The number of aromatic nitrogens is 2. The second kappa shape index (κ2) is 4.18. The number of nitrogens with one attached hydrogen (secondary N) is 1. The molecule has 0 radical (unpaired) electrons. The molecule has 0 atom stereocenters. The first-order chi connectivity index (χ1) is 7.72. The SMILES string of the molecule is COc1ccccc1-c1cnc(C)[nH]c1=O. The lowest BCUT2D eigenvalue weighted by atomic mass is 10.1. The number of methoxy groups -OCH3 is 1. The molecule has 0 spiro atoms. The average Bonchev–Trinajstić information content (AvgIpc) is 2.29. The van der Waals surface area contributed by atoms with Crippen molar-refractivity contribution in [2.24, 2.45) is 0 Å². The molecule has 4 heteroatoms. The number of para-hydroxylation sites is 1. The molecule has 0 aliphatic carbocycles. The number of aryl methyl sites for hydroxylation is 1. The summed E-state index contributed by atoms with van der Waals surface area (Å²) in [4.78, 5) is 18.5. The Balaban J connectivity index is 2.63. The number of hydrogen-bond donors (Lipinski definition) is 1. The molecule has 82 valence electrons. The summed E-state index contributed by atoms with van der Waals surface area (Å²) in [5.74, 6) is 1.27. The van der Waals surface area contributed by atoms with E-state index in [1.807, 2.05) is 24.3 Å². The van der Waals surface area contributed by atoms with E-state index >= 15 is 0 Å². The Hall–Kier alpha value is -2.10. The van der Waals surface area contributed by atoms with Gasteiger partial charge in [-0.25, -0.2) is 4.98 Å². The molecule has 1 N–H and O–H groups in total. The number of aromatic amines is 1. The van der Waals surface area contributed by atoms with Gasteiger partial charge < -0.3 is 9.72 Å². The fraction of sp³-hybridized carbons (Fsp3) is 0.167. The van der Waals surface area contributed by atoms with Gasteiger partial charge in [0.15, 0.2) is 0 Å². The molecule has 0 amide bonds. The second-order valence-electron chi connectivity index (χ2n) is 3.41. The highest BCUT2D eigenvalue weighted by Gasteiger charge is 2.08. The molecule has 2 rings (SSSR count). The lowest BCUT2D eigenvalue weighted by molar-refractivity contribution is 0.416. The molecule has 0 aliphatic heterocycles. The zero-order valence-electron chi connectivity index (χ0n) is 9.15. The van der Waals surface area contributed by atoms with Crippen LogP contribution >= 0.6 is 0 Å². The fourth-order valence-corrected chi connectivity index (χ4v) is 1.54. The summed E-state index contributed by atoms with van der Waals surface area (Å²) in [5, 5.41) is 0. The molecule has 0 unspecified atom stereocenters. The molecular weight excluding hydrogens is 204 g/mol. The molecular formula is C12H12N2O2. The first-order valence-electron chi connectivity index (χ1n) is 4.91. The zero-order chi connectivity index (χ0) is 11.5. The molecule has 1 aromatic heterocycles. The highest BCUT2D eigenvalue weighted by molar-refractivity contribution is 5.68. The average molecular weight is 216 g/mol. The van der Waals surface area contributed by atoms with Gasteiger partial charge in [0, 0.05) is 11.8 Å². The molecule has 0 aliphatic rings. The summed E-state index contributed by atoms with van der Waals surface area (Å²) < 4.78 is 5.20. The van der Waals surface area contributed by atoms with Gasteiger partial charge in [0.1, 0.15) is 11.6 Å². The molecule has 0 bridgehead atoms. The van der Waals surface area contributed by atoms with Crippen LogP contribution in [0, 0.1) is 6.92 Å². The number of rotatable bonds is 2. The number of benzene rings is 1. The Bertz CT molecular complexity index is 561. The predicted molar refractivity (Wildman–Crippen MR) is 61.6 cm³/mol. The Morgan fingerprint density at radius 2 is 2.00 bits per heavy atom. The monoisotopic (exact) mass is 216 g/mol. The van der Waals surface area contributed by atoms with E-state index in [0.717, 1.165) is 5.56 Å². The summed E-state index contributed by atoms with van der Waals surface area (Å²) >= 11 is 0. The van der Waals surface area contributed by atoms with Gasteiger partial charge in [0.25, 0.3) is 5.56 Å². The van der Waals surface area contributed by atoms with Gasteiger partial charge in [-0.05, 0) is 13.0 Å². The summed E-state index contributed by atoms with van der Waals surface area (Å²) in [6, 6.07) is 7.37. The minimum Gasteiger partial charge on any atom is -0.496 e. The molecule has 0 saturated carbocycles. The van der Waals surface area contributed by atoms with Crippen molar-refractivity contribution in [3.63, 3.8) is 0 Å². The lowest BCUT2D eigenvalue weighted by Crippen LogP contribution is -2.11. The lowest BCUT2D eigenvalue weighted by Gasteiger charge is -2.06. The molecule has 16 heavy (non-hydrogen) atoms. The molecule has 1 aromatic carbocycles. The topological polar surface area (TPSA) is 55.0 Å². The maximum atomic E-state index is 11.8. The van der Waals surface area contributed by atoms with Crippen LogP contribution in [0.25, 0.3) is 11.1 Å². The van der Waals surface area contributed by atoms with Gasteiger partial charge in [0.05, 0.1) is 12.7 Å². The third-order valence-electron chi connectivity index (χ3n) is 2.32. The van der Waals surface area contributed by atoms with E-state index in [1.165, 1.54) is 0 Å². The summed E-state index contributed by atoms with van der Waals surface area (Å²) in [6.07, 6.45) is 1.56. The van der Waals surface area contributed by atoms with Crippen LogP contribution < -0.4 is 10.3 Å². The molecule has 4 nitrogen and oxygen atoms in total. The van der Waals surface area contributed by atoms with E-state index in [4.69, 9.17) is 4.74 Å². The van der Waals surface area contributed by atoms with E-state index < -0.39 is 0 Å². The minimum absolute atomic E-state index is 0.156. The predicted octanol–water partition coefficient (Wildman–Crippen LogP) is 1.75. The van der Waals surface area contributed by atoms with E-state index in [1.54, 1.807) is 20.2 Å². The zero-order valence-corrected chi connectivity index (χ0v) is 9.15. The van der Waals surface area contributed by atoms with E-state index in [2.05, 4.69) is 9.97 Å². The molecule has 1 heterocycles. The van der Waals surface area contributed by atoms with Gasteiger partial charge in [-0.2, -0.15) is 0 Å². The first kappa shape index (κ1) is 10.4. The van der Waals surface area contributed by atoms with E-state index in [9.17, 15) is 4.79 Å². The van der Waals surface area contributed by atoms with Crippen molar-refractivity contribution in [2.45, 2.75) is 6.92 Å². The van der Waals surface area contributed by atoms with Gasteiger partial charge in [-0.15, -0.1) is 0 Å². The first-order valence-corrected chi connectivity index (χ1v) is 4.91. The van der Waals surface area contributed by atoms with E-state index in [0.29, 0.717) is 17.1 Å². The van der Waals surface area contributed by atoms with Crippen LogP contribution in [0.3, 0.4) is 0 Å². The quantitative estimate of drug-likeness (QED) is 0.832. The van der Waals surface area contributed by atoms with Crippen molar-refractivity contribution in [3.8, 4) is 16.9 Å². The second-order valence-corrected chi connectivity index (χ2v) is 3.41. The van der Waals surface area contributed by atoms with Gasteiger partial charge in [0.2, 0.25) is 0 Å². The number of hydrogen-bond acceptors (Lipinski definition) is 3. The summed E-state index contributed by atoms with van der Waals surface area (Å²) in [5.41, 5.74) is 1.11. The Kier molecular flexibility index (Phi) is 2.72. The highest BCUT2D eigenvalue weighted by atomic mass is 16.5. The van der Waals surface area contributed by atoms with Gasteiger partial charge in [-0.1, -0.05) is 18.2 Å². The van der Waals surface area contributed by atoms with Crippen LogP contribution in [0.2, 0.25) is 0 Å². The maximum Gasteiger partial charge on any atom is 0.258 e. The van der Waals surface area contributed by atoms with Crippen molar-refractivity contribution in [3.05, 3.63) is 46.6 Å². The number of H-pyrrole nitrogens is 1. The smallest absolute Gasteiger partial charge is 0.258 e. The van der Waals surface area contributed by atoms with Crippen LogP contribution in [-0.4, -0.2) is 17.1 Å². The van der Waals surface area contributed by atoms with Crippen molar-refractivity contribution in [1.29, 1.82) is 0 Å². The fourth-order valence-electron chi connectivity index (χ4n) is 1.54. The van der Waals surface area contributed by atoms with Crippen LogP contribution in [-0.2, 0) is 0 Å². The maximum absolute atomic E-state index is 11.8. The molecule has 0 fully saturated rings. The largest absolute Gasteiger partial charge is 0.496 e. The normalized spacial score (nSPS) is 10.1. The summed E-state index contributed by atoms with van der Waals surface area (Å²) in [7, 11) is 1.58. The molecule has 0 saturated heterocycles. The minimum atomic E-state index is -0.156.